The van der Waals surface area contributed by atoms with Crippen molar-refractivity contribution < 1.29 is 18.7 Å². The predicted octanol–water partition coefficient (Wildman–Crippen LogP) is 3.12. The van der Waals surface area contributed by atoms with Crippen LogP contribution in [-0.2, 0) is 22.4 Å². The zero-order valence-corrected chi connectivity index (χ0v) is 19.5. The molecule has 5 rings (SSSR count). The zero-order chi connectivity index (χ0) is 22.8. The lowest BCUT2D eigenvalue weighted by Crippen LogP contribution is -2.41. The molecule has 2 aliphatic heterocycles. The van der Waals surface area contributed by atoms with Crippen molar-refractivity contribution in [2.45, 2.75) is 63.9 Å². The Hall–Kier alpha value is -2.38. The first-order valence-corrected chi connectivity index (χ1v) is 12.4. The Labute approximate surface area is 194 Å². The first kappa shape index (κ1) is 22.4. The van der Waals surface area contributed by atoms with Gasteiger partial charge >= 0.3 is 5.63 Å². The molecule has 7 heteroatoms. The van der Waals surface area contributed by atoms with Crippen LogP contribution in [0.4, 0.5) is 0 Å². The van der Waals surface area contributed by atoms with Gasteiger partial charge in [0.2, 0.25) is 5.91 Å². The van der Waals surface area contributed by atoms with Crippen molar-refractivity contribution in [1.82, 2.24) is 10.2 Å². The van der Waals surface area contributed by atoms with E-state index in [-0.39, 0.29) is 17.9 Å². The van der Waals surface area contributed by atoms with Crippen LogP contribution in [0.15, 0.2) is 21.3 Å². The van der Waals surface area contributed by atoms with Crippen LogP contribution in [0.3, 0.4) is 0 Å². The monoisotopic (exact) mass is 454 g/mol. The standard InChI is InChI=1S/C26H34N2O5/c1-18-20-15-19-5-8-26(6-3-2-4-7-26)33-22(19)17-23(20)32-25(30)21(18)16-24(29)27-9-10-28-11-13-31-14-12-28/h15,17H,2-14,16H2,1H3,(H,27,29). The van der Waals surface area contributed by atoms with Gasteiger partial charge in [0.1, 0.15) is 16.9 Å². The van der Waals surface area contributed by atoms with Gasteiger partial charge in [0.05, 0.1) is 25.2 Å². The van der Waals surface area contributed by atoms with Gasteiger partial charge in [-0.2, -0.15) is 0 Å². The molecule has 7 nitrogen and oxygen atoms in total. The maximum absolute atomic E-state index is 12.8. The third kappa shape index (κ3) is 4.80. The fourth-order valence-corrected chi connectivity index (χ4v) is 5.55. The van der Waals surface area contributed by atoms with Crippen LogP contribution >= 0.6 is 0 Å². The summed E-state index contributed by atoms with van der Waals surface area (Å²) in [5.41, 5.74) is 2.48. The number of fused-ring (bicyclic) bond motifs is 2. The molecule has 33 heavy (non-hydrogen) atoms. The number of hydrogen-bond donors (Lipinski definition) is 1. The zero-order valence-electron chi connectivity index (χ0n) is 19.5. The highest BCUT2D eigenvalue weighted by molar-refractivity contribution is 5.86. The van der Waals surface area contributed by atoms with Crippen LogP contribution in [0.25, 0.3) is 11.0 Å². The summed E-state index contributed by atoms with van der Waals surface area (Å²) in [7, 11) is 0. The summed E-state index contributed by atoms with van der Waals surface area (Å²) in [5.74, 6) is 0.699. The fourth-order valence-electron chi connectivity index (χ4n) is 5.55. The van der Waals surface area contributed by atoms with Gasteiger partial charge in [-0.1, -0.05) is 6.42 Å². The Kier molecular flexibility index (Phi) is 6.43. The molecular weight excluding hydrogens is 420 g/mol. The van der Waals surface area contributed by atoms with Gasteiger partial charge in [0, 0.05) is 37.6 Å². The number of amides is 1. The van der Waals surface area contributed by atoms with E-state index in [1.165, 1.54) is 19.3 Å². The minimum atomic E-state index is -0.438. The molecule has 0 radical (unpaired) electrons. The van der Waals surface area contributed by atoms with Crippen molar-refractivity contribution in [3.05, 3.63) is 39.2 Å². The highest BCUT2D eigenvalue weighted by atomic mass is 16.5. The quantitative estimate of drug-likeness (QED) is 0.700. The summed E-state index contributed by atoms with van der Waals surface area (Å²) in [5, 5.41) is 3.84. The summed E-state index contributed by atoms with van der Waals surface area (Å²) >= 11 is 0. The minimum Gasteiger partial charge on any atom is -0.487 e. The van der Waals surface area contributed by atoms with Crippen LogP contribution in [0.2, 0.25) is 0 Å². The summed E-state index contributed by atoms with van der Waals surface area (Å²) < 4.78 is 17.5. The third-order valence-corrected chi connectivity index (χ3v) is 7.60. The molecule has 1 amide bonds. The average Bonchev–Trinajstić information content (AvgIpc) is 2.82. The number of nitrogens with zero attached hydrogens (tertiary/aromatic N) is 1. The number of nitrogens with one attached hydrogen (secondary N) is 1. The van der Waals surface area contributed by atoms with Crippen LogP contribution in [-0.4, -0.2) is 55.8 Å². The number of morpholine rings is 1. The number of aryl methyl sites for hydroxylation is 2. The number of ether oxygens (including phenoxy) is 2. The summed E-state index contributed by atoms with van der Waals surface area (Å²) in [6, 6.07) is 3.99. The first-order valence-electron chi connectivity index (χ1n) is 12.4. The molecule has 1 N–H and O–H groups in total. The van der Waals surface area contributed by atoms with Crippen LogP contribution in [0.5, 0.6) is 5.75 Å². The second kappa shape index (κ2) is 9.47. The van der Waals surface area contributed by atoms with Crippen LogP contribution in [0.1, 0.15) is 55.2 Å². The number of rotatable bonds is 5. The van der Waals surface area contributed by atoms with Gasteiger partial charge in [-0.3, -0.25) is 9.69 Å². The highest BCUT2D eigenvalue weighted by Crippen LogP contribution is 2.43. The Morgan fingerprint density at radius 2 is 1.91 bits per heavy atom. The molecule has 2 aromatic rings. The van der Waals surface area contributed by atoms with E-state index >= 15 is 0 Å². The lowest BCUT2D eigenvalue weighted by atomic mass is 9.79. The first-order chi connectivity index (χ1) is 16.0. The van der Waals surface area contributed by atoms with Crippen molar-refractivity contribution in [2.24, 2.45) is 0 Å². The van der Waals surface area contributed by atoms with Crippen molar-refractivity contribution >= 4 is 16.9 Å². The molecule has 0 atom stereocenters. The van der Waals surface area contributed by atoms with E-state index in [1.807, 2.05) is 13.0 Å². The second-order valence-electron chi connectivity index (χ2n) is 9.78. The van der Waals surface area contributed by atoms with Gasteiger partial charge in [-0.25, -0.2) is 4.79 Å². The van der Waals surface area contributed by atoms with E-state index in [0.717, 1.165) is 80.8 Å². The molecule has 3 heterocycles. The smallest absolute Gasteiger partial charge is 0.340 e. The van der Waals surface area contributed by atoms with Crippen LogP contribution < -0.4 is 15.7 Å². The number of carbonyl (C=O) groups excluding carboxylic acids is 1. The number of benzene rings is 1. The lowest BCUT2D eigenvalue weighted by Gasteiger charge is -2.41. The highest BCUT2D eigenvalue weighted by Gasteiger charge is 2.37. The maximum Gasteiger partial charge on any atom is 0.340 e. The maximum atomic E-state index is 12.8. The molecule has 1 saturated heterocycles. The second-order valence-corrected chi connectivity index (χ2v) is 9.78. The van der Waals surface area contributed by atoms with Gasteiger partial charge in [-0.15, -0.1) is 0 Å². The topological polar surface area (TPSA) is 81.0 Å². The van der Waals surface area contributed by atoms with Crippen molar-refractivity contribution in [1.29, 1.82) is 0 Å². The molecule has 1 aromatic carbocycles. The molecule has 0 unspecified atom stereocenters. The number of carbonyl (C=O) groups is 1. The molecular formula is C26H34N2O5. The predicted molar refractivity (Wildman–Crippen MR) is 126 cm³/mol. The van der Waals surface area contributed by atoms with Crippen molar-refractivity contribution in [2.75, 3.05) is 39.4 Å². The van der Waals surface area contributed by atoms with E-state index in [4.69, 9.17) is 13.9 Å². The molecule has 1 spiro atoms. The van der Waals surface area contributed by atoms with E-state index in [0.29, 0.717) is 17.7 Å². The fraction of sp³-hybridized carbons (Fsp3) is 0.615. The van der Waals surface area contributed by atoms with Gasteiger partial charge in [0.25, 0.3) is 0 Å². The third-order valence-electron chi connectivity index (χ3n) is 7.60. The molecule has 178 valence electrons. The van der Waals surface area contributed by atoms with E-state index in [9.17, 15) is 9.59 Å². The molecule has 3 aliphatic rings. The largest absolute Gasteiger partial charge is 0.487 e. The summed E-state index contributed by atoms with van der Waals surface area (Å²) in [6.45, 7) is 6.50. The molecule has 1 aromatic heterocycles. The molecule has 1 aliphatic carbocycles. The van der Waals surface area contributed by atoms with E-state index in [1.54, 1.807) is 0 Å². The summed E-state index contributed by atoms with van der Waals surface area (Å²) in [6.07, 6.45) is 7.97. The molecule has 1 saturated carbocycles. The normalized spacial score (nSPS) is 20.4. The van der Waals surface area contributed by atoms with Gasteiger partial charge in [0.15, 0.2) is 0 Å². The Morgan fingerprint density at radius 3 is 2.70 bits per heavy atom. The Balaban J connectivity index is 1.30. The van der Waals surface area contributed by atoms with E-state index < -0.39 is 5.63 Å². The van der Waals surface area contributed by atoms with Crippen LogP contribution in [0, 0.1) is 6.92 Å². The van der Waals surface area contributed by atoms with Gasteiger partial charge in [-0.05, 0) is 62.6 Å². The number of hydrogen-bond acceptors (Lipinski definition) is 6. The van der Waals surface area contributed by atoms with E-state index in [2.05, 4.69) is 16.3 Å². The molecule has 0 bridgehead atoms. The molecule has 2 fully saturated rings. The van der Waals surface area contributed by atoms with Crippen molar-refractivity contribution in [3.8, 4) is 5.75 Å². The SMILES string of the molecule is Cc1c(CC(=O)NCCN2CCOCC2)c(=O)oc2cc3c(cc12)CCC1(CCCCC1)O3. The Bertz CT molecular complexity index is 1080. The summed E-state index contributed by atoms with van der Waals surface area (Å²) in [4.78, 5) is 27.6. The van der Waals surface area contributed by atoms with Crippen molar-refractivity contribution in [3.63, 3.8) is 0 Å². The minimum absolute atomic E-state index is 0.0317. The lowest BCUT2D eigenvalue weighted by molar-refractivity contribution is -0.120. The average molecular weight is 455 g/mol. The Morgan fingerprint density at radius 1 is 1.12 bits per heavy atom. The van der Waals surface area contributed by atoms with Gasteiger partial charge < -0.3 is 19.2 Å².